The molecule has 2 unspecified atom stereocenters. The highest BCUT2D eigenvalue weighted by Crippen LogP contribution is 2.09. The first kappa shape index (κ1) is 14.1. The number of hydrogen-bond acceptors (Lipinski definition) is 2. The maximum atomic E-state index is 12.0. The first-order valence-corrected chi connectivity index (χ1v) is 7.51. The van der Waals surface area contributed by atoms with Crippen LogP contribution in [0.25, 0.3) is 0 Å². The van der Waals surface area contributed by atoms with E-state index in [1.165, 1.54) is 0 Å². The molecule has 2 nitrogen and oxygen atoms in total. The van der Waals surface area contributed by atoms with Crippen LogP contribution in [0.3, 0.4) is 0 Å². The van der Waals surface area contributed by atoms with Crippen LogP contribution in [0.4, 0.5) is 0 Å². The average molecular weight is 252 g/mol. The summed E-state index contributed by atoms with van der Waals surface area (Å²) in [5, 5.41) is -0.394. The van der Waals surface area contributed by atoms with Gasteiger partial charge in [0.15, 0.2) is 5.78 Å². The summed E-state index contributed by atoms with van der Waals surface area (Å²) in [6, 6.07) is 9.10. The van der Waals surface area contributed by atoms with Gasteiger partial charge >= 0.3 is 0 Å². The van der Waals surface area contributed by atoms with E-state index in [1.54, 1.807) is 19.1 Å². The molecule has 2 atom stereocenters. The van der Waals surface area contributed by atoms with Gasteiger partial charge in [-0.3, -0.25) is 9.00 Å². The van der Waals surface area contributed by atoms with Crippen molar-refractivity contribution in [2.24, 2.45) is 0 Å². The van der Waals surface area contributed by atoms with Crippen LogP contribution in [0.1, 0.15) is 43.5 Å². The Kier molecular flexibility index (Phi) is 6.12. The predicted octanol–water partition coefficient (Wildman–Crippen LogP) is 3.20. The molecule has 17 heavy (non-hydrogen) atoms. The van der Waals surface area contributed by atoms with Crippen LogP contribution in [-0.2, 0) is 10.8 Å². The second-order valence-corrected chi connectivity index (χ2v) is 6.04. The Hall–Kier alpha value is -0.960. The highest BCUT2D eigenvalue weighted by atomic mass is 32.2. The monoisotopic (exact) mass is 252 g/mol. The minimum absolute atomic E-state index is 0.0135. The zero-order valence-electron chi connectivity index (χ0n) is 10.5. The molecule has 1 aromatic rings. The van der Waals surface area contributed by atoms with Crippen molar-refractivity contribution >= 4 is 16.6 Å². The third kappa shape index (κ3) is 4.43. The molecule has 1 aromatic carbocycles. The second-order valence-electron chi connectivity index (χ2n) is 4.16. The molecule has 0 aromatic heterocycles. The molecule has 0 spiro atoms. The Bertz CT molecular complexity index is 373. The highest BCUT2D eigenvalue weighted by molar-refractivity contribution is 7.86. The van der Waals surface area contributed by atoms with Crippen LogP contribution in [0.15, 0.2) is 30.3 Å². The van der Waals surface area contributed by atoms with Crippen molar-refractivity contribution in [3.8, 4) is 0 Å². The lowest BCUT2D eigenvalue weighted by atomic mass is 10.1. The van der Waals surface area contributed by atoms with E-state index < -0.39 is 16.0 Å². The Morgan fingerprint density at radius 3 is 2.47 bits per heavy atom. The molecule has 94 valence electrons. The van der Waals surface area contributed by atoms with Crippen LogP contribution < -0.4 is 0 Å². The van der Waals surface area contributed by atoms with Gasteiger partial charge in [-0.15, -0.1) is 0 Å². The molecule has 0 aliphatic heterocycles. The Labute approximate surface area is 106 Å². The van der Waals surface area contributed by atoms with Gasteiger partial charge in [-0.2, -0.15) is 0 Å². The fourth-order valence-electron chi connectivity index (χ4n) is 1.63. The zero-order valence-corrected chi connectivity index (χ0v) is 11.3. The zero-order chi connectivity index (χ0) is 12.7. The highest BCUT2D eigenvalue weighted by Gasteiger charge is 2.20. The van der Waals surface area contributed by atoms with Crippen LogP contribution in [-0.4, -0.2) is 21.0 Å². The van der Waals surface area contributed by atoms with Crippen LogP contribution in [0, 0.1) is 0 Å². The topological polar surface area (TPSA) is 34.1 Å². The lowest BCUT2D eigenvalue weighted by molar-refractivity contribution is 0.0992. The van der Waals surface area contributed by atoms with Gasteiger partial charge in [0.05, 0.1) is 5.25 Å². The molecule has 3 heteroatoms. The van der Waals surface area contributed by atoms with E-state index in [1.807, 2.05) is 18.2 Å². The normalized spacial score (nSPS) is 14.2. The van der Waals surface area contributed by atoms with Crippen molar-refractivity contribution in [3.63, 3.8) is 0 Å². The fourth-order valence-corrected chi connectivity index (χ4v) is 2.84. The second kappa shape index (κ2) is 7.38. The van der Waals surface area contributed by atoms with E-state index in [4.69, 9.17) is 0 Å². The van der Waals surface area contributed by atoms with Crippen LogP contribution >= 0.6 is 0 Å². The Morgan fingerprint density at radius 2 is 1.88 bits per heavy atom. The summed E-state index contributed by atoms with van der Waals surface area (Å²) in [6.07, 6.45) is 3.13. The van der Waals surface area contributed by atoms with E-state index in [0.29, 0.717) is 11.3 Å². The minimum Gasteiger partial charge on any atom is -0.293 e. The molecule has 0 saturated carbocycles. The van der Waals surface area contributed by atoms with E-state index >= 15 is 0 Å². The summed E-state index contributed by atoms with van der Waals surface area (Å²) in [7, 11) is -1.05. The maximum Gasteiger partial charge on any atom is 0.178 e. The molecule has 0 radical (unpaired) electrons. The number of rotatable bonds is 7. The van der Waals surface area contributed by atoms with Gasteiger partial charge in [0, 0.05) is 22.1 Å². The van der Waals surface area contributed by atoms with E-state index in [9.17, 15) is 9.00 Å². The first-order valence-electron chi connectivity index (χ1n) is 6.13. The molecular formula is C14H20O2S. The molecule has 1 rings (SSSR count). The minimum atomic E-state index is -1.05. The van der Waals surface area contributed by atoms with Gasteiger partial charge in [0.1, 0.15) is 0 Å². The maximum absolute atomic E-state index is 12.0. The van der Waals surface area contributed by atoms with Crippen LogP contribution in [0.5, 0.6) is 0 Å². The summed E-state index contributed by atoms with van der Waals surface area (Å²) in [5.41, 5.74) is 0.656. The Morgan fingerprint density at radius 1 is 1.24 bits per heavy atom. The summed E-state index contributed by atoms with van der Waals surface area (Å²) in [4.78, 5) is 12.0. The molecule has 0 saturated heterocycles. The van der Waals surface area contributed by atoms with Crippen molar-refractivity contribution in [2.75, 3.05) is 5.75 Å². The molecule has 0 amide bonds. The molecule has 0 N–H and O–H groups in total. The smallest absolute Gasteiger partial charge is 0.178 e. The van der Waals surface area contributed by atoms with Crippen molar-refractivity contribution in [2.45, 2.75) is 38.4 Å². The lowest BCUT2D eigenvalue weighted by Crippen LogP contribution is -2.24. The first-order chi connectivity index (χ1) is 8.16. The summed E-state index contributed by atoms with van der Waals surface area (Å²) < 4.78 is 11.9. The quantitative estimate of drug-likeness (QED) is 0.551. The van der Waals surface area contributed by atoms with E-state index in [-0.39, 0.29) is 5.78 Å². The van der Waals surface area contributed by atoms with Gasteiger partial charge in [-0.25, -0.2) is 0 Å². The number of unbranched alkanes of at least 4 members (excludes halogenated alkanes) is 2. The van der Waals surface area contributed by atoms with Crippen molar-refractivity contribution in [1.82, 2.24) is 0 Å². The van der Waals surface area contributed by atoms with Gasteiger partial charge in [-0.1, -0.05) is 50.1 Å². The number of hydrogen-bond donors (Lipinski definition) is 0. The predicted molar refractivity (Wildman–Crippen MR) is 72.8 cm³/mol. The fraction of sp³-hybridized carbons (Fsp3) is 0.500. The Balaban J connectivity index is 2.55. The van der Waals surface area contributed by atoms with Crippen molar-refractivity contribution in [1.29, 1.82) is 0 Å². The summed E-state index contributed by atoms with van der Waals surface area (Å²) in [6.45, 7) is 3.87. The van der Waals surface area contributed by atoms with Crippen molar-refractivity contribution in [3.05, 3.63) is 35.9 Å². The largest absolute Gasteiger partial charge is 0.293 e. The number of benzene rings is 1. The van der Waals surface area contributed by atoms with Gasteiger partial charge in [0.25, 0.3) is 0 Å². The van der Waals surface area contributed by atoms with Crippen LogP contribution in [0.2, 0.25) is 0 Å². The molecule has 0 heterocycles. The van der Waals surface area contributed by atoms with E-state index in [0.717, 1.165) is 19.3 Å². The van der Waals surface area contributed by atoms with Crippen molar-refractivity contribution < 1.29 is 9.00 Å². The standard InChI is InChI=1S/C14H20O2S/c1-3-4-8-11-17(16)12(2)14(15)13-9-6-5-7-10-13/h5-7,9-10,12H,3-4,8,11H2,1-2H3. The number of carbonyl (C=O) groups excluding carboxylic acids is 1. The average Bonchev–Trinajstić information content (AvgIpc) is 2.38. The molecule has 0 aliphatic rings. The SMILES string of the molecule is CCCCCS(=O)C(C)C(=O)c1ccccc1. The van der Waals surface area contributed by atoms with Gasteiger partial charge in [0.2, 0.25) is 0 Å². The molecular weight excluding hydrogens is 232 g/mol. The number of carbonyl (C=O) groups is 1. The van der Waals surface area contributed by atoms with Gasteiger partial charge < -0.3 is 0 Å². The molecule has 0 aliphatic carbocycles. The third-order valence-electron chi connectivity index (χ3n) is 2.77. The third-order valence-corrected chi connectivity index (χ3v) is 4.46. The molecule has 0 bridgehead atoms. The molecule has 0 fully saturated rings. The van der Waals surface area contributed by atoms with E-state index in [2.05, 4.69) is 6.92 Å². The lowest BCUT2D eigenvalue weighted by Gasteiger charge is -2.10. The number of ketones is 1. The van der Waals surface area contributed by atoms with Gasteiger partial charge in [-0.05, 0) is 13.3 Å². The summed E-state index contributed by atoms with van der Waals surface area (Å²) in [5.74, 6) is 0.619. The number of Topliss-reactive ketones (excluding diaryl/α,β-unsaturated/α-hetero) is 1. The summed E-state index contributed by atoms with van der Waals surface area (Å²) >= 11 is 0.